The van der Waals surface area contributed by atoms with E-state index in [4.69, 9.17) is 5.26 Å². The van der Waals surface area contributed by atoms with Gasteiger partial charge in [0.2, 0.25) is 0 Å². The summed E-state index contributed by atoms with van der Waals surface area (Å²) in [4.78, 5) is 9.06. The number of allylic oxidation sites excluding steroid dienone is 4. The Morgan fingerprint density at radius 2 is 1.57 bits per heavy atom. The van der Waals surface area contributed by atoms with Crippen molar-refractivity contribution in [2.75, 3.05) is 0 Å². The predicted molar refractivity (Wildman–Crippen MR) is 107 cm³/mol. The SMILES string of the molecule is N#CC1=C(F)C=CC(c2ncc(-n3c4ccccc4c4ccccc43)cn2)C1. The average molecular weight is 366 g/mol. The van der Waals surface area contributed by atoms with Crippen LogP contribution in [0.5, 0.6) is 0 Å². The first kappa shape index (κ1) is 16.4. The molecule has 1 aliphatic rings. The first-order valence-electron chi connectivity index (χ1n) is 9.03. The highest BCUT2D eigenvalue weighted by molar-refractivity contribution is 6.09. The van der Waals surface area contributed by atoms with E-state index in [1.165, 1.54) is 16.8 Å². The maximum Gasteiger partial charge on any atom is 0.136 e. The zero-order chi connectivity index (χ0) is 19.1. The number of benzene rings is 2. The first-order chi connectivity index (χ1) is 13.8. The summed E-state index contributed by atoms with van der Waals surface area (Å²) in [5.74, 6) is -0.0805. The molecule has 2 aromatic heterocycles. The Labute approximate surface area is 160 Å². The van der Waals surface area contributed by atoms with Crippen LogP contribution in [0.15, 0.2) is 84.5 Å². The van der Waals surface area contributed by atoms with E-state index in [0.29, 0.717) is 5.82 Å². The van der Waals surface area contributed by atoms with Crippen molar-refractivity contribution in [3.8, 4) is 11.8 Å². The van der Waals surface area contributed by atoms with E-state index in [0.717, 1.165) is 16.7 Å². The summed E-state index contributed by atoms with van der Waals surface area (Å²) < 4.78 is 15.8. The molecule has 1 atom stereocenters. The summed E-state index contributed by atoms with van der Waals surface area (Å²) in [7, 11) is 0. The predicted octanol–water partition coefficient (Wildman–Crippen LogP) is 5.36. The lowest BCUT2D eigenvalue weighted by Gasteiger charge is -2.15. The second-order valence-electron chi connectivity index (χ2n) is 6.78. The summed E-state index contributed by atoms with van der Waals surface area (Å²) in [5, 5.41) is 11.4. The third-order valence-corrected chi connectivity index (χ3v) is 5.15. The highest BCUT2D eigenvalue weighted by atomic mass is 19.1. The normalized spacial score (nSPS) is 16.6. The number of fused-ring (bicyclic) bond motifs is 3. The fourth-order valence-electron chi connectivity index (χ4n) is 3.80. The summed E-state index contributed by atoms with van der Waals surface area (Å²) in [6.45, 7) is 0. The van der Waals surface area contributed by atoms with Crippen molar-refractivity contribution >= 4 is 21.8 Å². The van der Waals surface area contributed by atoms with Gasteiger partial charge in [-0.1, -0.05) is 42.5 Å². The van der Waals surface area contributed by atoms with Crippen LogP contribution in [0.2, 0.25) is 0 Å². The minimum Gasteiger partial charge on any atom is -0.306 e. The van der Waals surface area contributed by atoms with Crippen LogP contribution >= 0.6 is 0 Å². The molecule has 1 unspecified atom stereocenters. The lowest BCUT2D eigenvalue weighted by atomic mass is 9.93. The zero-order valence-corrected chi connectivity index (χ0v) is 14.9. The number of rotatable bonds is 2. The lowest BCUT2D eigenvalue weighted by Crippen LogP contribution is -2.07. The molecule has 0 bridgehead atoms. The highest BCUT2D eigenvalue weighted by Gasteiger charge is 2.20. The number of aromatic nitrogens is 3. The monoisotopic (exact) mass is 366 g/mol. The van der Waals surface area contributed by atoms with Crippen LogP contribution in [0.3, 0.4) is 0 Å². The molecule has 0 saturated heterocycles. The Balaban J connectivity index is 1.59. The lowest BCUT2D eigenvalue weighted by molar-refractivity contribution is 0.625. The third-order valence-electron chi connectivity index (χ3n) is 5.15. The standard InChI is InChI=1S/C23H15FN4/c24-20-10-9-15(11-16(20)12-25)23-26-13-17(14-27-23)28-21-7-3-1-5-18(21)19-6-2-4-8-22(19)28/h1-10,13-15H,11H2. The number of hydrogen-bond acceptors (Lipinski definition) is 3. The topological polar surface area (TPSA) is 54.5 Å². The fraction of sp³-hybridized carbons (Fsp3) is 0.0870. The van der Waals surface area contributed by atoms with Crippen LogP contribution in [-0.4, -0.2) is 14.5 Å². The van der Waals surface area contributed by atoms with E-state index in [1.807, 2.05) is 30.3 Å². The molecule has 0 N–H and O–H groups in total. The van der Waals surface area contributed by atoms with Gasteiger partial charge in [0.05, 0.1) is 40.8 Å². The van der Waals surface area contributed by atoms with Crippen LogP contribution < -0.4 is 0 Å². The van der Waals surface area contributed by atoms with Crippen molar-refractivity contribution in [1.29, 1.82) is 5.26 Å². The second-order valence-corrected chi connectivity index (χ2v) is 6.78. The number of nitrogens with zero attached hydrogens (tertiary/aromatic N) is 4. The van der Waals surface area contributed by atoms with Gasteiger partial charge < -0.3 is 4.57 Å². The molecule has 134 valence electrons. The Kier molecular flexibility index (Phi) is 3.77. The smallest absolute Gasteiger partial charge is 0.136 e. The molecule has 5 heteroatoms. The van der Waals surface area contributed by atoms with E-state index in [-0.39, 0.29) is 17.9 Å². The Morgan fingerprint density at radius 3 is 2.18 bits per heavy atom. The minimum absolute atomic E-state index is 0.141. The summed E-state index contributed by atoms with van der Waals surface area (Å²) >= 11 is 0. The van der Waals surface area contributed by atoms with Gasteiger partial charge in [0.1, 0.15) is 11.7 Å². The third kappa shape index (κ3) is 2.50. The Morgan fingerprint density at radius 1 is 0.964 bits per heavy atom. The molecule has 28 heavy (non-hydrogen) atoms. The summed E-state index contributed by atoms with van der Waals surface area (Å²) in [6.07, 6.45) is 6.90. The van der Waals surface area contributed by atoms with E-state index >= 15 is 0 Å². The molecule has 0 aliphatic heterocycles. The fourth-order valence-corrected chi connectivity index (χ4v) is 3.80. The van der Waals surface area contributed by atoms with E-state index in [9.17, 15) is 4.39 Å². The molecule has 4 aromatic rings. The Bertz CT molecular complexity index is 1250. The number of para-hydroxylation sites is 2. The van der Waals surface area contributed by atoms with E-state index < -0.39 is 5.83 Å². The van der Waals surface area contributed by atoms with Gasteiger partial charge in [0.25, 0.3) is 0 Å². The number of halogens is 1. The number of hydrogen-bond donors (Lipinski definition) is 0. The van der Waals surface area contributed by atoms with Gasteiger partial charge in [0.15, 0.2) is 0 Å². The van der Waals surface area contributed by atoms with E-state index in [2.05, 4.69) is 38.8 Å². The van der Waals surface area contributed by atoms with Gasteiger partial charge in [-0.3, -0.25) is 0 Å². The van der Waals surface area contributed by atoms with Gasteiger partial charge in [-0.2, -0.15) is 5.26 Å². The van der Waals surface area contributed by atoms with Crippen molar-refractivity contribution in [2.24, 2.45) is 0 Å². The molecule has 0 amide bonds. The molecule has 4 nitrogen and oxygen atoms in total. The van der Waals surface area contributed by atoms with Crippen molar-refractivity contribution < 1.29 is 4.39 Å². The highest BCUT2D eigenvalue weighted by Crippen LogP contribution is 2.33. The largest absolute Gasteiger partial charge is 0.306 e. The van der Waals surface area contributed by atoms with E-state index in [1.54, 1.807) is 18.5 Å². The molecule has 0 radical (unpaired) electrons. The molecule has 0 spiro atoms. The van der Waals surface area contributed by atoms with Crippen LogP contribution in [0.4, 0.5) is 4.39 Å². The molecular weight excluding hydrogens is 351 g/mol. The summed E-state index contributed by atoms with van der Waals surface area (Å²) in [6, 6.07) is 18.4. The number of nitriles is 1. The quantitative estimate of drug-likeness (QED) is 0.480. The zero-order valence-electron chi connectivity index (χ0n) is 14.9. The Hall–Kier alpha value is -3.78. The second kappa shape index (κ2) is 6.43. The maximum atomic E-state index is 13.6. The molecule has 1 aliphatic carbocycles. The van der Waals surface area contributed by atoms with Crippen molar-refractivity contribution in [3.05, 3.63) is 90.3 Å². The van der Waals surface area contributed by atoms with Crippen LogP contribution in [0, 0.1) is 11.3 Å². The van der Waals surface area contributed by atoms with Crippen LogP contribution in [-0.2, 0) is 0 Å². The first-order valence-corrected chi connectivity index (χ1v) is 9.03. The van der Waals surface area contributed by atoms with Gasteiger partial charge in [-0.05, 0) is 24.6 Å². The molecular formula is C23H15FN4. The molecule has 2 heterocycles. The summed E-state index contributed by atoms with van der Waals surface area (Å²) in [5.41, 5.74) is 3.19. The molecule has 0 fully saturated rings. The van der Waals surface area contributed by atoms with Gasteiger partial charge in [0, 0.05) is 16.7 Å². The van der Waals surface area contributed by atoms with Gasteiger partial charge in [-0.25, -0.2) is 14.4 Å². The maximum absolute atomic E-state index is 13.6. The van der Waals surface area contributed by atoms with Crippen molar-refractivity contribution in [3.63, 3.8) is 0 Å². The van der Waals surface area contributed by atoms with Gasteiger partial charge >= 0.3 is 0 Å². The molecule has 0 saturated carbocycles. The average Bonchev–Trinajstić information content (AvgIpc) is 3.09. The van der Waals surface area contributed by atoms with Crippen LogP contribution in [0.25, 0.3) is 27.5 Å². The van der Waals surface area contributed by atoms with Gasteiger partial charge in [-0.15, -0.1) is 0 Å². The van der Waals surface area contributed by atoms with Crippen molar-refractivity contribution in [1.82, 2.24) is 14.5 Å². The molecule has 2 aromatic carbocycles. The minimum atomic E-state index is -0.472. The van der Waals surface area contributed by atoms with Crippen molar-refractivity contribution in [2.45, 2.75) is 12.3 Å². The molecule has 5 rings (SSSR count). The van der Waals surface area contributed by atoms with Crippen LogP contribution in [0.1, 0.15) is 18.2 Å².